The van der Waals surface area contributed by atoms with Crippen LogP contribution in [-0.4, -0.2) is 44.2 Å². The summed E-state index contributed by atoms with van der Waals surface area (Å²) in [5.41, 5.74) is 3.16. The number of aromatic nitrogens is 1. The molecule has 9 heteroatoms. The zero-order valence-electron chi connectivity index (χ0n) is 19.7. The van der Waals surface area contributed by atoms with Gasteiger partial charge in [-0.2, -0.15) is 5.26 Å². The number of methoxy groups -OCH3 is 1. The number of nitrogens with one attached hydrogen (secondary N) is 2. The molecule has 0 unspecified atom stereocenters. The van der Waals surface area contributed by atoms with Gasteiger partial charge in [-0.25, -0.2) is 0 Å². The molecule has 0 aliphatic rings. The SMILES string of the molecule is COc1cc(Nc2c(C#N)cnc3cc(-c4ccc(CNCCN(C)C)o4)ccc23)c(Cl)cc1Cl. The van der Waals surface area contributed by atoms with Crippen LogP contribution in [0, 0.1) is 11.3 Å². The quantitative estimate of drug-likeness (QED) is 0.264. The van der Waals surface area contributed by atoms with E-state index in [0.717, 1.165) is 35.6 Å². The van der Waals surface area contributed by atoms with E-state index < -0.39 is 0 Å². The molecule has 0 saturated carbocycles. The molecule has 0 atom stereocenters. The summed E-state index contributed by atoms with van der Waals surface area (Å²) in [5, 5.41) is 17.9. The number of nitrogens with zero attached hydrogens (tertiary/aromatic N) is 3. The number of hydrogen-bond acceptors (Lipinski definition) is 7. The van der Waals surface area contributed by atoms with E-state index in [0.29, 0.717) is 44.8 Å². The number of benzene rings is 2. The van der Waals surface area contributed by atoms with Crippen LogP contribution >= 0.6 is 23.2 Å². The number of pyridine rings is 1. The van der Waals surface area contributed by atoms with E-state index in [9.17, 15) is 5.26 Å². The Morgan fingerprint density at radius 3 is 2.69 bits per heavy atom. The number of anilines is 2. The average Bonchev–Trinajstić information content (AvgIpc) is 3.32. The maximum absolute atomic E-state index is 9.69. The van der Waals surface area contributed by atoms with Gasteiger partial charge in [0, 0.05) is 36.3 Å². The molecule has 4 rings (SSSR count). The third kappa shape index (κ3) is 5.69. The molecule has 0 amide bonds. The van der Waals surface area contributed by atoms with Crippen molar-refractivity contribution in [1.29, 1.82) is 5.26 Å². The average molecular weight is 510 g/mol. The summed E-state index contributed by atoms with van der Waals surface area (Å²) in [7, 11) is 5.62. The molecule has 0 aliphatic heterocycles. The normalized spacial score (nSPS) is 11.1. The fourth-order valence-electron chi connectivity index (χ4n) is 3.62. The Morgan fingerprint density at radius 2 is 1.94 bits per heavy atom. The molecular formula is C26H25Cl2N5O2. The molecule has 0 aliphatic carbocycles. The van der Waals surface area contributed by atoms with Crippen molar-refractivity contribution in [3.8, 4) is 23.1 Å². The van der Waals surface area contributed by atoms with Gasteiger partial charge in [-0.3, -0.25) is 4.98 Å². The highest BCUT2D eigenvalue weighted by molar-refractivity contribution is 6.37. The lowest BCUT2D eigenvalue weighted by Crippen LogP contribution is -2.25. The van der Waals surface area contributed by atoms with Gasteiger partial charge < -0.3 is 24.7 Å². The van der Waals surface area contributed by atoms with E-state index in [2.05, 4.69) is 26.6 Å². The van der Waals surface area contributed by atoms with Crippen LogP contribution in [0.4, 0.5) is 11.4 Å². The molecule has 2 aromatic heterocycles. The van der Waals surface area contributed by atoms with Crippen molar-refractivity contribution in [1.82, 2.24) is 15.2 Å². The van der Waals surface area contributed by atoms with Gasteiger partial charge in [-0.15, -0.1) is 0 Å². The van der Waals surface area contributed by atoms with Crippen LogP contribution in [-0.2, 0) is 6.54 Å². The second kappa shape index (κ2) is 11.0. The molecule has 2 N–H and O–H groups in total. The summed E-state index contributed by atoms with van der Waals surface area (Å²) < 4.78 is 11.3. The summed E-state index contributed by atoms with van der Waals surface area (Å²) in [6.45, 7) is 2.49. The third-order valence-electron chi connectivity index (χ3n) is 5.47. The van der Waals surface area contributed by atoms with E-state index >= 15 is 0 Å². The molecule has 2 heterocycles. The minimum absolute atomic E-state index is 0.388. The highest BCUT2D eigenvalue weighted by Crippen LogP contribution is 2.38. The Balaban J connectivity index is 1.63. The molecule has 0 saturated heterocycles. The van der Waals surface area contributed by atoms with Gasteiger partial charge in [0.25, 0.3) is 0 Å². The number of ether oxygens (including phenoxy) is 1. The molecule has 2 aromatic carbocycles. The van der Waals surface area contributed by atoms with E-state index in [-0.39, 0.29) is 0 Å². The Hall–Kier alpha value is -3.28. The van der Waals surface area contributed by atoms with Crippen LogP contribution in [0.3, 0.4) is 0 Å². The highest BCUT2D eigenvalue weighted by atomic mass is 35.5. The van der Waals surface area contributed by atoms with Gasteiger partial charge in [-0.05, 0) is 44.4 Å². The fourth-order valence-corrected chi connectivity index (χ4v) is 4.13. The van der Waals surface area contributed by atoms with Gasteiger partial charge in [0.15, 0.2) is 0 Å². The third-order valence-corrected chi connectivity index (χ3v) is 6.08. The topological polar surface area (TPSA) is 86.3 Å². The van der Waals surface area contributed by atoms with Crippen LogP contribution < -0.4 is 15.4 Å². The van der Waals surface area contributed by atoms with E-state index in [4.69, 9.17) is 32.4 Å². The molecule has 0 fully saturated rings. The van der Waals surface area contributed by atoms with Crippen LogP contribution in [0.15, 0.2) is 53.1 Å². The number of halogens is 2. The van der Waals surface area contributed by atoms with Gasteiger partial charge in [0.1, 0.15) is 23.3 Å². The second-order valence-electron chi connectivity index (χ2n) is 8.23. The summed E-state index contributed by atoms with van der Waals surface area (Å²) >= 11 is 12.6. The van der Waals surface area contributed by atoms with Gasteiger partial charge >= 0.3 is 0 Å². The molecule has 4 aromatic rings. The van der Waals surface area contributed by atoms with E-state index in [1.54, 1.807) is 12.1 Å². The van der Waals surface area contributed by atoms with Crippen LogP contribution in [0.2, 0.25) is 10.0 Å². The van der Waals surface area contributed by atoms with Gasteiger partial charge in [0.2, 0.25) is 0 Å². The standard InChI is InChI=1S/C26H25Cl2N5O2/c1-33(2)9-8-30-15-18-5-7-24(35-18)16-4-6-19-22(10-16)31-14-17(13-29)26(19)32-23-12-25(34-3)21(28)11-20(23)27/h4-7,10-12,14,30H,8-9,15H2,1-3H3,(H,31,32). The zero-order valence-corrected chi connectivity index (χ0v) is 21.2. The molecular weight excluding hydrogens is 485 g/mol. The first-order chi connectivity index (χ1) is 16.9. The van der Waals surface area contributed by atoms with Gasteiger partial charge in [-0.1, -0.05) is 29.3 Å². The first-order valence-electron chi connectivity index (χ1n) is 11.0. The molecule has 180 valence electrons. The lowest BCUT2D eigenvalue weighted by Gasteiger charge is -2.15. The Morgan fingerprint density at radius 1 is 1.11 bits per heavy atom. The number of rotatable bonds is 9. The van der Waals surface area contributed by atoms with Crippen LogP contribution in [0.5, 0.6) is 5.75 Å². The number of hydrogen-bond donors (Lipinski definition) is 2. The minimum Gasteiger partial charge on any atom is -0.495 e. The largest absolute Gasteiger partial charge is 0.495 e. The van der Waals surface area contributed by atoms with E-state index in [1.807, 2.05) is 44.4 Å². The molecule has 7 nitrogen and oxygen atoms in total. The molecule has 0 bridgehead atoms. The predicted octanol–water partition coefficient (Wildman–Crippen LogP) is 6.08. The Kier molecular flexibility index (Phi) is 7.79. The van der Waals surface area contributed by atoms with Crippen molar-refractivity contribution in [3.63, 3.8) is 0 Å². The van der Waals surface area contributed by atoms with Crippen molar-refractivity contribution in [2.45, 2.75) is 6.54 Å². The maximum atomic E-state index is 9.69. The Bertz CT molecular complexity index is 1390. The Labute approximate surface area is 214 Å². The first kappa shape index (κ1) is 24.8. The van der Waals surface area contributed by atoms with Crippen molar-refractivity contribution < 1.29 is 9.15 Å². The number of furan rings is 1. The van der Waals surface area contributed by atoms with Crippen molar-refractivity contribution in [3.05, 3.63) is 70.0 Å². The smallest absolute Gasteiger partial charge is 0.139 e. The van der Waals surface area contributed by atoms with Crippen LogP contribution in [0.1, 0.15) is 11.3 Å². The van der Waals surface area contributed by atoms with Gasteiger partial charge in [0.05, 0.1) is 46.2 Å². The number of fused-ring (bicyclic) bond motifs is 1. The van der Waals surface area contributed by atoms with Crippen molar-refractivity contribution >= 4 is 45.5 Å². The fraction of sp³-hybridized carbons (Fsp3) is 0.231. The second-order valence-corrected chi connectivity index (χ2v) is 9.04. The molecule has 0 radical (unpaired) electrons. The van der Waals surface area contributed by atoms with Crippen molar-refractivity contribution in [2.24, 2.45) is 0 Å². The monoisotopic (exact) mass is 509 g/mol. The lowest BCUT2D eigenvalue weighted by atomic mass is 10.1. The molecule has 35 heavy (non-hydrogen) atoms. The van der Waals surface area contributed by atoms with Crippen LogP contribution in [0.25, 0.3) is 22.2 Å². The minimum atomic E-state index is 0.388. The summed E-state index contributed by atoms with van der Waals surface area (Å²) in [4.78, 5) is 6.62. The van der Waals surface area contributed by atoms with Crippen molar-refractivity contribution in [2.75, 3.05) is 39.6 Å². The summed E-state index contributed by atoms with van der Waals surface area (Å²) in [6.07, 6.45) is 1.54. The highest BCUT2D eigenvalue weighted by Gasteiger charge is 2.15. The predicted molar refractivity (Wildman–Crippen MR) is 141 cm³/mol. The number of nitriles is 1. The summed E-state index contributed by atoms with van der Waals surface area (Å²) in [6, 6.07) is 15.2. The molecule has 0 spiro atoms. The summed E-state index contributed by atoms with van der Waals surface area (Å²) in [5.74, 6) is 2.09. The number of likely N-dealkylation sites (N-methyl/N-ethyl adjacent to an activating group) is 1. The zero-order chi connectivity index (χ0) is 24.9. The lowest BCUT2D eigenvalue weighted by molar-refractivity contribution is 0.392. The maximum Gasteiger partial charge on any atom is 0.139 e. The van der Waals surface area contributed by atoms with E-state index in [1.165, 1.54) is 13.3 Å². The first-order valence-corrected chi connectivity index (χ1v) is 11.7.